The number of benzene rings is 1. The van der Waals surface area contributed by atoms with Crippen LogP contribution in [0.15, 0.2) is 21.1 Å². The SMILES string of the molecule is Cc1nn(C)c(C)c1C(=O)Nc1c(Br)cc(N)cc1Br. The van der Waals surface area contributed by atoms with Gasteiger partial charge < -0.3 is 11.1 Å². The molecular weight excluding hydrogens is 388 g/mol. The number of aryl methyl sites for hydroxylation is 2. The number of carbonyl (C=O) groups excluding carboxylic acids is 1. The quantitative estimate of drug-likeness (QED) is 0.757. The number of nitrogens with two attached hydrogens (primary N) is 1. The number of aromatic nitrogens is 2. The van der Waals surface area contributed by atoms with Crippen LogP contribution in [0, 0.1) is 13.8 Å². The van der Waals surface area contributed by atoms with E-state index >= 15 is 0 Å². The van der Waals surface area contributed by atoms with E-state index in [4.69, 9.17) is 5.73 Å². The number of amides is 1. The average molecular weight is 402 g/mol. The molecule has 1 aromatic carbocycles. The van der Waals surface area contributed by atoms with E-state index < -0.39 is 0 Å². The maximum Gasteiger partial charge on any atom is 0.259 e. The van der Waals surface area contributed by atoms with Crippen molar-refractivity contribution in [2.75, 3.05) is 11.1 Å². The topological polar surface area (TPSA) is 72.9 Å². The van der Waals surface area contributed by atoms with Crippen LogP contribution in [0.2, 0.25) is 0 Å². The van der Waals surface area contributed by atoms with Crippen LogP contribution < -0.4 is 11.1 Å². The lowest BCUT2D eigenvalue weighted by Crippen LogP contribution is -2.15. The minimum absolute atomic E-state index is 0.195. The molecule has 0 aliphatic rings. The van der Waals surface area contributed by atoms with E-state index in [1.54, 1.807) is 16.8 Å². The molecule has 106 valence electrons. The first-order chi connectivity index (χ1) is 9.31. The number of halogens is 2. The Bertz CT molecular complexity index is 671. The van der Waals surface area contributed by atoms with Gasteiger partial charge in [0, 0.05) is 27.4 Å². The molecule has 0 bridgehead atoms. The number of carbonyl (C=O) groups is 1. The first-order valence-electron chi connectivity index (χ1n) is 5.87. The van der Waals surface area contributed by atoms with E-state index in [-0.39, 0.29) is 5.91 Å². The highest BCUT2D eigenvalue weighted by atomic mass is 79.9. The Morgan fingerprint density at radius 2 is 1.85 bits per heavy atom. The lowest BCUT2D eigenvalue weighted by Gasteiger charge is -2.11. The van der Waals surface area contributed by atoms with Crippen LogP contribution in [-0.4, -0.2) is 15.7 Å². The van der Waals surface area contributed by atoms with Crippen molar-refractivity contribution in [3.63, 3.8) is 0 Å². The first kappa shape index (κ1) is 15.1. The van der Waals surface area contributed by atoms with E-state index in [1.807, 2.05) is 20.9 Å². The Morgan fingerprint density at radius 1 is 1.30 bits per heavy atom. The third-order valence-corrected chi connectivity index (χ3v) is 4.29. The summed E-state index contributed by atoms with van der Waals surface area (Å²) >= 11 is 6.79. The highest BCUT2D eigenvalue weighted by Crippen LogP contribution is 2.34. The molecule has 0 unspecified atom stereocenters. The number of anilines is 2. The van der Waals surface area contributed by atoms with Gasteiger partial charge in [-0.05, 0) is 57.8 Å². The van der Waals surface area contributed by atoms with Crippen molar-refractivity contribution in [2.45, 2.75) is 13.8 Å². The van der Waals surface area contributed by atoms with Crippen molar-refractivity contribution in [2.24, 2.45) is 7.05 Å². The molecule has 0 aliphatic carbocycles. The number of nitrogens with zero attached hydrogens (tertiary/aromatic N) is 2. The van der Waals surface area contributed by atoms with Crippen molar-refractivity contribution in [1.82, 2.24) is 9.78 Å². The molecule has 0 radical (unpaired) electrons. The van der Waals surface area contributed by atoms with Gasteiger partial charge in [0.05, 0.1) is 16.9 Å². The zero-order chi connectivity index (χ0) is 15.0. The predicted octanol–water partition coefficient (Wildman–Crippen LogP) is 3.40. The molecular formula is C13H14Br2N4O. The fourth-order valence-electron chi connectivity index (χ4n) is 1.99. The van der Waals surface area contributed by atoms with Gasteiger partial charge in [0.15, 0.2) is 0 Å². The monoisotopic (exact) mass is 400 g/mol. The zero-order valence-corrected chi connectivity index (χ0v) is 14.5. The minimum atomic E-state index is -0.195. The van der Waals surface area contributed by atoms with E-state index in [1.165, 1.54) is 0 Å². The largest absolute Gasteiger partial charge is 0.399 e. The summed E-state index contributed by atoms with van der Waals surface area (Å²) in [6, 6.07) is 3.48. The molecule has 1 amide bonds. The van der Waals surface area contributed by atoms with Gasteiger partial charge in [-0.2, -0.15) is 5.10 Å². The lowest BCUT2D eigenvalue weighted by molar-refractivity contribution is 0.102. The molecule has 0 saturated heterocycles. The molecule has 7 heteroatoms. The summed E-state index contributed by atoms with van der Waals surface area (Å²) in [5.41, 5.74) is 9.10. The third kappa shape index (κ3) is 2.73. The molecule has 3 N–H and O–H groups in total. The summed E-state index contributed by atoms with van der Waals surface area (Å²) in [6.07, 6.45) is 0. The molecule has 2 aromatic rings. The summed E-state index contributed by atoms with van der Waals surface area (Å²) in [5, 5.41) is 7.12. The first-order valence-corrected chi connectivity index (χ1v) is 7.46. The number of nitrogen functional groups attached to an aromatic ring is 1. The van der Waals surface area contributed by atoms with E-state index in [2.05, 4.69) is 42.3 Å². The summed E-state index contributed by atoms with van der Waals surface area (Å²) in [4.78, 5) is 12.4. The number of nitrogens with one attached hydrogen (secondary N) is 1. The zero-order valence-electron chi connectivity index (χ0n) is 11.3. The fourth-order valence-corrected chi connectivity index (χ4v) is 3.41. The average Bonchev–Trinajstić information content (AvgIpc) is 2.58. The Hall–Kier alpha value is -1.34. The van der Waals surface area contributed by atoms with Crippen LogP contribution in [0.5, 0.6) is 0 Å². The van der Waals surface area contributed by atoms with Crippen molar-refractivity contribution >= 4 is 49.1 Å². The van der Waals surface area contributed by atoms with Gasteiger partial charge in [0.2, 0.25) is 0 Å². The van der Waals surface area contributed by atoms with Crippen LogP contribution in [0.25, 0.3) is 0 Å². The number of rotatable bonds is 2. The molecule has 0 spiro atoms. The molecule has 5 nitrogen and oxygen atoms in total. The summed E-state index contributed by atoms with van der Waals surface area (Å²) in [6.45, 7) is 3.68. The van der Waals surface area contributed by atoms with Gasteiger partial charge in [0.25, 0.3) is 5.91 Å². The molecule has 0 atom stereocenters. The maximum atomic E-state index is 12.4. The third-order valence-electron chi connectivity index (χ3n) is 3.04. The van der Waals surface area contributed by atoms with Crippen LogP contribution in [0.1, 0.15) is 21.7 Å². The van der Waals surface area contributed by atoms with Crippen LogP contribution in [0.3, 0.4) is 0 Å². The second-order valence-corrected chi connectivity index (χ2v) is 6.19. The van der Waals surface area contributed by atoms with Crippen molar-refractivity contribution in [3.05, 3.63) is 38.0 Å². The number of hydrogen-bond acceptors (Lipinski definition) is 3. The molecule has 1 heterocycles. The van der Waals surface area contributed by atoms with Crippen LogP contribution in [-0.2, 0) is 7.05 Å². The predicted molar refractivity (Wildman–Crippen MR) is 86.9 cm³/mol. The van der Waals surface area contributed by atoms with E-state index in [9.17, 15) is 4.79 Å². The molecule has 20 heavy (non-hydrogen) atoms. The second-order valence-electron chi connectivity index (χ2n) is 4.48. The Labute approximate surface area is 133 Å². The highest BCUT2D eigenvalue weighted by Gasteiger charge is 2.19. The number of hydrogen-bond donors (Lipinski definition) is 2. The van der Waals surface area contributed by atoms with E-state index in [0.717, 1.165) is 14.6 Å². The fraction of sp³-hybridized carbons (Fsp3) is 0.231. The Morgan fingerprint density at radius 3 is 2.30 bits per heavy atom. The van der Waals surface area contributed by atoms with Gasteiger partial charge in [-0.1, -0.05) is 0 Å². The normalized spacial score (nSPS) is 10.7. The highest BCUT2D eigenvalue weighted by molar-refractivity contribution is 9.11. The summed E-state index contributed by atoms with van der Waals surface area (Å²) in [5.74, 6) is -0.195. The van der Waals surface area contributed by atoms with Gasteiger partial charge >= 0.3 is 0 Å². The van der Waals surface area contributed by atoms with Crippen molar-refractivity contribution in [1.29, 1.82) is 0 Å². The Balaban J connectivity index is 2.38. The lowest BCUT2D eigenvalue weighted by atomic mass is 10.2. The van der Waals surface area contributed by atoms with Crippen LogP contribution in [0.4, 0.5) is 11.4 Å². The van der Waals surface area contributed by atoms with Crippen molar-refractivity contribution < 1.29 is 4.79 Å². The summed E-state index contributed by atoms with van der Waals surface area (Å²) in [7, 11) is 1.81. The van der Waals surface area contributed by atoms with E-state index in [0.29, 0.717) is 22.6 Å². The molecule has 0 saturated carbocycles. The van der Waals surface area contributed by atoms with Crippen LogP contribution >= 0.6 is 31.9 Å². The maximum absolute atomic E-state index is 12.4. The van der Waals surface area contributed by atoms with Gasteiger partial charge in [-0.15, -0.1) is 0 Å². The Kier molecular flexibility index (Phi) is 4.19. The van der Waals surface area contributed by atoms with Gasteiger partial charge in [-0.3, -0.25) is 9.48 Å². The summed E-state index contributed by atoms with van der Waals surface area (Å²) < 4.78 is 3.13. The van der Waals surface area contributed by atoms with Crippen molar-refractivity contribution in [3.8, 4) is 0 Å². The van der Waals surface area contributed by atoms with Gasteiger partial charge in [0.1, 0.15) is 0 Å². The molecule has 2 rings (SSSR count). The van der Waals surface area contributed by atoms with Gasteiger partial charge in [-0.25, -0.2) is 0 Å². The standard InChI is InChI=1S/C13H14Br2N4O/c1-6-11(7(2)19(3)18-6)13(20)17-12-9(14)4-8(16)5-10(12)15/h4-5H,16H2,1-3H3,(H,17,20). The molecule has 1 aromatic heterocycles. The minimum Gasteiger partial charge on any atom is -0.399 e. The molecule has 0 fully saturated rings. The molecule has 0 aliphatic heterocycles. The smallest absolute Gasteiger partial charge is 0.259 e. The second kappa shape index (κ2) is 5.57.